The first-order valence-corrected chi connectivity index (χ1v) is 8.74. The monoisotopic (exact) mass is 392 g/mol. The number of anilines is 1. The third kappa shape index (κ3) is 3.63. The van der Waals surface area contributed by atoms with Gasteiger partial charge in [-0.15, -0.1) is 0 Å². The number of hydrazone groups is 1. The largest absolute Gasteiger partial charge is 0.329 e. The number of fused-ring (bicyclic) bond motifs is 1. The van der Waals surface area contributed by atoms with Crippen LogP contribution in [0.15, 0.2) is 32.9 Å². The second-order valence-electron chi connectivity index (χ2n) is 5.94. The van der Waals surface area contributed by atoms with Crippen LogP contribution in [0.1, 0.15) is 25.3 Å². The predicted molar refractivity (Wildman–Crippen MR) is 103 cm³/mol. The molecule has 0 saturated carbocycles. The molecule has 0 fully saturated rings. The average molecular weight is 393 g/mol. The Hall–Kier alpha value is -2.94. The van der Waals surface area contributed by atoms with Crippen LogP contribution in [0.5, 0.6) is 0 Å². The molecule has 0 unspecified atom stereocenters. The van der Waals surface area contributed by atoms with Crippen LogP contribution >= 0.6 is 11.6 Å². The van der Waals surface area contributed by atoms with E-state index in [1.165, 1.54) is 30.0 Å². The van der Waals surface area contributed by atoms with E-state index in [1.54, 1.807) is 10.6 Å². The SMILES string of the molecule is CCCCn1c(N/N=C/c2c(F)cccc2Cl)nc2c1c(=O)[nH]c(=O)n2C. The fourth-order valence-electron chi connectivity index (χ4n) is 2.64. The molecule has 3 aromatic rings. The first kappa shape index (κ1) is 18.8. The molecule has 0 atom stereocenters. The number of hydrogen-bond donors (Lipinski definition) is 2. The normalized spacial score (nSPS) is 11.6. The quantitative estimate of drug-likeness (QED) is 0.497. The van der Waals surface area contributed by atoms with E-state index in [0.29, 0.717) is 6.54 Å². The van der Waals surface area contributed by atoms with Gasteiger partial charge in [-0.1, -0.05) is 31.0 Å². The molecular formula is C17H18ClFN6O2. The second-order valence-corrected chi connectivity index (χ2v) is 6.34. The summed E-state index contributed by atoms with van der Waals surface area (Å²) in [6.45, 7) is 2.52. The number of benzene rings is 1. The summed E-state index contributed by atoms with van der Waals surface area (Å²) < 4.78 is 16.7. The Bertz CT molecular complexity index is 1110. The number of imidazole rings is 1. The van der Waals surface area contributed by atoms with Crippen molar-refractivity contribution in [2.24, 2.45) is 12.1 Å². The van der Waals surface area contributed by atoms with E-state index in [9.17, 15) is 14.0 Å². The van der Waals surface area contributed by atoms with E-state index in [-0.39, 0.29) is 27.7 Å². The molecule has 0 spiro atoms. The van der Waals surface area contributed by atoms with Crippen molar-refractivity contribution in [2.45, 2.75) is 26.3 Å². The van der Waals surface area contributed by atoms with Gasteiger partial charge in [0.1, 0.15) is 5.82 Å². The number of aryl methyl sites for hydroxylation is 2. The molecule has 27 heavy (non-hydrogen) atoms. The lowest BCUT2D eigenvalue weighted by Crippen LogP contribution is -2.29. The highest BCUT2D eigenvalue weighted by molar-refractivity contribution is 6.33. The van der Waals surface area contributed by atoms with Crippen LogP contribution in [-0.2, 0) is 13.6 Å². The van der Waals surface area contributed by atoms with E-state index in [0.717, 1.165) is 12.8 Å². The number of hydrogen-bond acceptors (Lipinski definition) is 5. The van der Waals surface area contributed by atoms with E-state index in [4.69, 9.17) is 11.6 Å². The minimum Gasteiger partial charge on any atom is -0.303 e. The highest BCUT2D eigenvalue weighted by atomic mass is 35.5. The van der Waals surface area contributed by atoms with E-state index in [1.807, 2.05) is 6.92 Å². The fraction of sp³-hybridized carbons (Fsp3) is 0.294. The first-order valence-electron chi connectivity index (χ1n) is 8.36. The van der Waals surface area contributed by atoms with Crippen LogP contribution in [0.4, 0.5) is 10.3 Å². The number of halogens is 2. The van der Waals surface area contributed by atoms with Gasteiger partial charge in [-0.25, -0.2) is 14.6 Å². The first-order chi connectivity index (χ1) is 12.9. The van der Waals surface area contributed by atoms with Crippen molar-refractivity contribution in [3.05, 3.63) is 55.4 Å². The Labute approximate surface area is 158 Å². The van der Waals surface area contributed by atoms with Gasteiger partial charge in [-0.2, -0.15) is 10.1 Å². The van der Waals surface area contributed by atoms with Gasteiger partial charge in [-0.05, 0) is 18.6 Å². The van der Waals surface area contributed by atoms with Gasteiger partial charge in [0.25, 0.3) is 5.56 Å². The Kier molecular flexibility index (Phi) is 5.41. The van der Waals surface area contributed by atoms with Crippen LogP contribution < -0.4 is 16.7 Å². The van der Waals surface area contributed by atoms with Gasteiger partial charge in [0.2, 0.25) is 5.95 Å². The maximum Gasteiger partial charge on any atom is 0.329 e. The minimum absolute atomic E-state index is 0.133. The van der Waals surface area contributed by atoms with Crippen molar-refractivity contribution in [2.75, 3.05) is 5.43 Å². The molecule has 1 aromatic carbocycles. The van der Waals surface area contributed by atoms with Gasteiger partial charge >= 0.3 is 5.69 Å². The fourth-order valence-corrected chi connectivity index (χ4v) is 2.85. The Morgan fingerprint density at radius 1 is 1.41 bits per heavy atom. The summed E-state index contributed by atoms with van der Waals surface area (Å²) in [5.41, 5.74) is 2.28. The van der Waals surface area contributed by atoms with Crippen molar-refractivity contribution in [1.82, 2.24) is 19.1 Å². The van der Waals surface area contributed by atoms with Crippen molar-refractivity contribution < 1.29 is 4.39 Å². The molecule has 0 amide bonds. The van der Waals surface area contributed by atoms with Gasteiger partial charge in [0.05, 0.1) is 11.2 Å². The van der Waals surface area contributed by atoms with Crippen molar-refractivity contribution in [3.63, 3.8) is 0 Å². The van der Waals surface area contributed by atoms with Crippen LogP contribution in [0.3, 0.4) is 0 Å². The number of aromatic nitrogens is 4. The summed E-state index contributed by atoms with van der Waals surface area (Å²) in [4.78, 5) is 30.7. The zero-order valence-electron chi connectivity index (χ0n) is 14.8. The van der Waals surface area contributed by atoms with Crippen LogP contribution in [-0.4, -0.2) is 25.3 Å². The number of aromatic amines is 1. The standard InChI is InChI=1S/C17H18ClFN6O2/c1-3-4-8-25-13-14(24(2)17(27)22-15(13)26)21-16(25)23-20-9-10-11(18)6-5-7-12(10)19/h5-7,9H,3-4,8H2,1-2H3,(H,21,23)(H,22,26,27)/b20-9+. The summed E-state index contributed by atoms with van der Waals surface area (Å²) in [7, 11) is 1.52. The number of H-pyrrole nitrogens is 1. The third-order valence-electron chi connectivity index (χ3n) is 4.10. The highest BCUT2D eigenvalue weighted by Gasteiger charge is 2.16. The summed E-state index contributed by atoms with van der Waals surface area (Å²) in [5.74, 6) is -0.236. The molecule has 0 bridgehead atoms. The molecule has 142 valence electrons. The predicted octanol–water partition coefficient (Wildman–Crippen LogP) is 2.46. The molecule has 10 heteroatoms. The molecule has 8 nitrogen and oxygen atoms in total. The van der Waals surface area contributed by atoms with Crippen molar-refractivity contribution >= 4 is 34.9 Å². The van der Waals surface area contributed by atoms with Gasteiger partial charge < -0.3 is 4.57 Å². The molecule has 0 radical (unpaired) electrons. The number of rotatable bonds is 6. The smallest absolute Gasteiger partial charge is 0.303 e. The van der Waals surface area contributed by atoms with Crippen molar-refractivity contribution in [1.29, 1.82) is 0 Å². The second kappa shape index (κ2) is 7.75. The van der Waals surface area contributed by atoms with E-state index >= 15 is 0 Å². The zero-order chi connectivity index (χ0) is 19.6. The van der Waals surface area contributed by atoms with Gasteiger partial charge in [-0.3, -0.25) is 14.3 Å². The summed E-state index contributed by atoms with van der Waals surface area (Å²) >= 11 is 5.97. The maximum atomic E-state index is 13.8. The summed E-state index contributed by atoms with van der Waals surface area (Å²) in [6, 6.07) is 4.33. The summed E-state index contributed by atoms with van der Waals surface area (Å²) in [5, 5.41) is 4.22. The molecule has 2 aromatic heterocycles. The topological polar surface area (TPSA) is 97.1 Å². The number of nitrogens with one attached hydrogen (secondary N) is 2. The Balaban J connectivity index is 2.04. The molecule has 2 heterocycles. The molecule has 2 N–H and O–H groups in total. The van der Waals surface area contributed by atoms with Gasteiger partial charge in [0.15, 0.2) is 11.2 Å². The zero-order valence-corrected chi connectivity index (χ0v) is 15.5. The van der Waals surface area contributed by atoms with Crippen LogP contribution in [0.2, 0.25) is 5.02 Å². The lowest BCUT2D eigenvalue weighted by atomic mass is 10.2. The van der Waals surface area contributed by atoms with Crippen LogP contribution in [0, 0.1) is 5.82 Å². The number of nitrogens with zero attached hydrogens (tertiary/aromatic N) is 4. The van der Waals surface area contributed by atoms with Crippen molar-refractivity contribution in [3.8, 4) is 0 Å². The molecule has 0 aliphatic rings. The average Bonchev–Trinajstić information content (AvgIpc) is 2.99. The molecule has 3 rings (SSSR count). The van der Waals surface area contributed by atoms with Crippen LogP contribution in [0.25, 0.3) is 11.2 Å². The Morgan fingerprint density at radius 2 is 2.19 bits per heavy atom. The maximum absolute atomic E-state index is 13.8. The van der Waals surface area contributed by atoms with E-state index < -0.39 is 17.1 Å². The molecule has 0 aliphatic carbocycles. The minimum atomic E-state index is -0.555. The molecular weight excluding hydrogens is 375 g/mol. The lowest BCUT2D eigenvalue weighted by Gasteiger charge is -2.07. The lowest BCUT2D eigenvalue weighted by molar-refractivity contribution is 0.626. The molecule has 0 aliphatic heterocycles. The third-order valence-corrected chi connectivity index (χ3v) is 4.43. The molecule has 0 saturated heterocycles. The highest BCUT2D eigenvalue weighted by Crippen LogP contribution is 2.18. The summed E-state index contributed by atoms with van der Waals surface area (Å²) in [6.07, 6.45) is 2.94. The van der Waals surface area contributed by atoms with E-state index in [2.05, 4.69) is 20.5 Å². The van der Waals surface area contributed by atoms with Gasteiger partial charge in [0, 0.05) is 19.2 Å². The Morgan fingerprint density at radius 3 is 2.89 bits per heavy atom. The number of unbranched alkanes of at least 4 members (excludes halogenated alkanes) is 1.